The number of carbonyl (C=O) groups is 1. The fraction of sp³-hybridized carbons (Fsp3) is 0.348. The lowest BCUT2D eigenvalue weighted by Crippen LogP contribution is -2.57. The van der Waals surface area contributed by atoms with Crippen LogP contribution in [0.4, 0.5) is 0 Å². The molecular weight excluding hydrogens is 404 g/mol. The monoisotopic (exact) mass is 428 g/mol. The second-order valence-corrected chi connectivity index (χ2v) is 7.80. The number of rotatable bonds is 4. The molecule has 2 atom stereocenters. The average Bonchev–Trinajstić information content (AvgIpc) is 2.73. The van der Waals surface area contributed by atoms with Gasteiger partial charge in [0.1, 0.15) is 35.2 Å². The molecule has 2 aromatic rings. The molecule has 0 amide bonds. The van der Waals surface area contributed by atoms with Crippen molar-refractivity contribution in [2.24, 2.45) is 0 Å². The smallest absolute Gasteiger partial charge is 0.210 e. The van der Waals surface area contributed by atoms with Gasteiger partial charge in [-0.2, -0.15) is 0 Å². The molecule has 0 aliphatic carbocycles. The van der Waals surface area contributed by atoms with Crippen LogP contribution in [0.1, 0.15) is 35.3 Å². The number of ether oxygens (including phenoxy) is 4. The van der Waals surface area contributed by atoms with E-state index < -0.39 is 23.2 Å². The Labute approximate surface area is 179 Å². The molecule has 31 heavy (non-hydrogen) atoms. The first kappa shape index (κ1) is 20.9. The maximum atomic E-state index is 13.6. The van der Waals surface area contributed by atoms with Crippen LogP contribution in [0.5, 0.6) is 34.5 Å². The van der Waals surface area contributed by atoms with E-state index in [-0.39, 0.29) is 41.4 Å². The third-order valence-corrected chi connectivity index (χ3v) is 5.64. The number of benzene rings is 2. The second kappa shape index (κ2) is 7.39. The largest absolute Gasteiger partial charge is 0.507 e. The molecule has 164 valence electrons. The van der Waals surface area contributed by atoms with Crippen LogP contribution in [-0.2, 0) is 12.0 Å². The molecule has 0 fully saturated rings. The summed E-state index contributed by atoms with van der Waals surface area (Å²) < 4.78 is 22.3. The number of phenolic OH excluding ortho intramolecular Hbond substituents is 2. The molecule has 2 aliphatic heterocycles. The molecule has 2 aromatic carbocycles. The zero-order valence-corrected chi connectivity index (χ0v) is 17.7. The number of methoxy groups -OCH3 is 2. The second-order valence-electron chi connectivity index (χ2n) is 7.80. The molecule has 8 nitrogen and oxygen atoms in total. The minimum atomic E-state index is -2.12. The predicted octanol–water partition coefficient (Wildman–Crippen LogP) is 2.85. The van der Waals surface area contributed by atoms with E-state index >= 15 is 0 Å². The molecule has 0 aromatic heterocycles. The Kier molecular flexibility index (Phi) is 4.97. The normalized spacial score (nSPS) is 21.1. The van der Waals surface area contributed by atoms with E-state index in [1.54, 1.807) is 0 Å². The number of Topliss-reactive ketones (excluding diaryl/α,β-unsaturated/α-hetero) is 1. The highest BCUT2D eigenvalue weighted by molar-refractivity contribution is 6.09. The topological polar surface area (TPSA) is 115 Å². The fourth-order valence-corrected chi connectivity index (χ4v) is 3.98. The van der Waals surface area contributed by atoms with Gasteiger partial charge in [-0.15, -0.1) is 0 Å². The number of aliphatic hydroxyl groups is 1. The van der Waals surface area contributed by atoms with Crippen LogP contribution < -0.4 is 18.9 Å². The lowest BCUT2D eigenvalue weighted by atomic mass is 9.76. The molecular formula is C23H24O8. The van der Waals surface area contributed by atoms with Gasteiger partial charge in [0.05, 0.1) is 14.2 Å². The van der Waals surface area contributed by atoms with Gasteiger partial charge in [0.15, 0.2) is 23.2 Å². The van der Waals surface area contributed by atoms with Crippen LogP contribution in [-0.4, -0.2) is 48.0 Å². The molecule has 0 spiro atoms. The van der Waals surface area contributed by atoms with Crippen molar-refractivity contribution < 1.29 is 39.1 Å². The van der Waals surface area contributed by atoms with E-state index in [1.807, 2.05) is 19.9 Å². The van der Waals surface area contributed by atoms with Gasteiger partial charge in [-0.25, -0.2) is 0 Å². The van der Waals surface area contributed by atoms with Gasteiger partial charge >= 0.3 is 0 Å². The molecule has 2 unspecified atom stereocenters. The Bertz CT molecular complexity index is 1100. The number of hydrogen-bond donors (Lipinski definition) is 3. The van der Waals surface area contributed by atoms with E-state index in [4.69, 9.17) is 18.9 Å². The van der Waals surface area contributed by atoms with Crippen LogP contribution in [0.2, 0.25) is 0 Å². The Morgan fingerprint density at radius 2 is 1.84 bits per heavy atom. The third kappa shape index (κ3) is 3.06. The quantitative estimate of drug-likeness (QED) is 0.637. The molecule has 8 heteroatoms. The van der Waals surface area contributed by atoms with Crippen LogP contribution in [0.25, 0.3) is 0 Å². The SMILES string of the molecule is COc1cc2c(cc1OC)C1(O)C(=O)c3c(O)cc(O)c(CC=C(C)C)c3OC1CO2. The molecule has 3 N–H and O–H groups in total. The lowest BCUT2D eigenvalue weighted by Gasteiger charge is -2.43. The van der Waals surface area contributed by atoms with Gasteiger partial charge in [-0.05, 0) is 26.3 Å². The van der Waals surface area contributed by atoms with Crippen LogP contribution in [0.15, 0.2) is 29.8 Å². The fourth-order valence-electron chi connectivity index (χ4n) is 3.98. The van der Waals surface area contributed by atoms with Crippen molar-refractivity contribution in [3.63, 3.8) is 0 Å². The standard InChI is InChI=1S/C23H24O8/c1-11(2)5-6-12-14(24)8-15(25)20-21(12)31-19-10-30-16-9-18(29-4)17(28-3)7-13(16)23(19,27)22(20)26/h5,7-9,19,24-25,27H,6,10H2,1-4H3. The zero-order valence-electron chi connectivity index (χ0n) is 17.7. The van der Waals surface area contributed by atoms with Crippen LogP contribution >= 0.6 is 0 Å². The van der Waals surface area contributed by atoms with Gasteiger partial charge in [-0.1, -0.05) is 11.6 Å². The van der Waals surface area contributed by atoms with E-state index in [0.29, 0.717) is 17.1 Å². The van der Waals surface area contributed by atoms with Crippen molar-refractivity contribution >= 4 is 5.78 Å². The van der Waals surface area contributed by atoms with Crippen molar-refractivity contribution in [3.05, 3.63) is 46.5 Å². The minimum absolute atomic E-state index is 0.0437. The summed E-state index contributed by atoms with van der Waals surface area (Å²) in [6.45, 7) is 3.69. The summed E-state index contributed by atoms with van der Waals surface area (Å²) in [6.07, 6.45) is 1.06. The van der Waals surface area contributed by atoms with E-state index in [2.05, 4.69) is 0 Å². The first-order valence-electron chi connectivity index (χ1n) is 9.76. The molecule has 2 heterocycles. The number of hydrogen-bond acceptors (Lipinski definition) is 8. The Morgan fingerprint density at radius 3 is 2.48 bits per heavy atom. The lowest BCUT2D eigenvalue weighted by molar-refractivity contribution is -0.0806. The molecule has 4 rings (SSSR count). The van der Waals surface area contributed by atoms with Crippen molar-refractivity contribution in [2.75, 3.05) is 20.8 Å². The van der Waals surface area contributed by atoms with E-state index in [0.717, 1.165) is 11.6 Å². The molecule has 0 radical (unpaired) electrons. The molecule has 0 bridgehead atoms. The highest BCUT2D eigenvalue weighted by Gasteiger charge is 2.57. The summed E-state index contributed by atoms with van der Waals surface area (Å²) in [4.78, 5) is 13.6. The molecule has 0 saturated heterocycles. The number of aromatic hydroxyl groups is 2. The van der Waals surface area contributed by atoms with Gasteiger partial charge in [0.25, 0.3) is 0 Å². The summed E-state index contributed by atoms with van der Waals surface area (Å²) in [5, 5.41) is 32.5. The van der Waals surface area contributed by atoms with Gasteiger partial charge < -0.3 is 34.3 Å². The average molecular weight is 428 g/mol. The summed E-state index contributed by atoms with van der Waals surface area (Å²) in [7, 11) is 2.91. The van der Waals surface area contributed by atoms with Gasteiger partial charge in [0.2, 0.25) is 5.78 Å². The molecule has 0 saturated carbocycles. The van der Waals surface area contributed by atoms with Gasteiger partial charge in [0, 0.05) is 23.3 Å². The maximum absolute atomic E-state index is 13.6. The van der Waals surface area contributed by atoms with Crippen molar-refractivity contribution in [1.29, 1.82) is 0 Å². The van der Waals surface area contributed by atoms with Gasteiger partial charge in [-0.3, -0.25) is 4.79 Å². The van der Waals surface area contributed by atoms with Crippen LogP contribution in [0.3, 0.4) is 0 Å². The van der Waals surface area contributed by atoms with Crippen molar-refractivity contribution in [1.82, 2.24) is 0 Å². The van der Waals surface area contributed by atoms with Crippen LogP contribution in [0, 0.1) is 0 Å². The Hall–Kier alpha value is -3.39. The number of allylic oxidation sites excluding steroid dienone is 2. The maximum Gasteiger partial charge on any atom is 0.210 e. The minimum Gasteiger partial charge on any atom is -0.507 e. The summed E-state index contributed by atoms with van der Waals surface area (Å²) >= 11 is 0. The first-order valence-corrected chi connectivity index (χ1v) is 9.76. The Morgan fingerprint density at radius 1 is 1.16 bits per heavy atom. The summed E-state index contributed by atoms with van der Waals surface area (Å²) in [5.74, 6) is -0.441. The highest BCUT2D eigenvalue weighted by atomic mass is 16.6. The number of fused-ring (bicyclic) bond motifs is 4. The number of carbonyl (C=O) groups excluding carboxylic acids is 1. The van der Waals surface area contributed by atoms with Crippen molar-refractivity contribution in [2.45, 2.75) is 32.0 Å². The number of phenols is 2. The summed E-state index contributed by atoms with van der Waals surface area (Å²) in [5.41, 5.74) is -0.799. The van der Waals surface area contributed by atoms with E-state index in [9.17, 15) is 20.1 Å². The summed E-state index contributed by atoms with van der Waals surface area (Å²) in [6, 6.07) is 4.09. The third-order valence-electron chi connectivity index (χ3n) is 5.64. The predicted molar refractivity (Wildman–Crippen MR) is 111 cm³/mol. The highest BCUT2D eigenvalue weighted by Crippen LogP contribution is 2.52. The zero-order chi connectivity index (χ0) is 22.5. The first-order chi connectivity index (χ1) is 14.7. The number of ketones is 1. The van der Waals surface area contributed by atoms with E-state index in [1.165, 1.54) is 26.4 Å². The molecule has 2 aliphatic rings. The van der Waals surface area contributed by atoms with Crippen molar-refractivity contribution in [3.8, 4) is 34.5 Å². The Balaban J connectivity index is 1.91.